The first-order valence-electron chi connectivity index (χ1n) is 9.03. The van der Waals surface area contributed by atoms with Crippen molar-refractivity contribution in [2.24, 2.45) is 0 Å². The number of rotatable bonds is 5. The lowest BCUT2D eigenvalue weighted by molar-refractivity contribution is 0.169. The summed E-state index contributed by atoms with van der Waals surface area (Å²) < 4.78 is 32.4. The number of ether oxygens (including phenoxy) is 1. The molecule has 0 fully saturated rings. The van der Waals surface area contributed by atoms with Gasteiger partial charge in [0.05, 0.1) is 0 Å². The molecular weight excluding hydrogens is 346 g/mol. The van der Waals surface area contributed by atoms with Crippen molar-refractivity contribution in [1.29, 1.82) is 0 Å². The summed E-state index contributed by atoms with van der Waals surface area (Å²) in [6.07, 6.45) is 5.40. The topological polar surface area (TPSA) is 34.2 Å². The smallest absolute Gasteiger partial charge is 0.126 e. The molecule has 2 aromatic carbocycles. The molecule has 1 N–H and O–H groups in total. The fraction of sp³-hybridized carbons (Fsp3) is 0.227. The Hall–Kier alpha value is -2.79. The van der Waals surface area contributed by atoms with Crippen LogP contribution in [0.5, 0.6) is 5.75 Å². The Bertz CT molecular complexity index is 928. The molecule has 0 saturated heterocycles. The fourth-order valence-electron chi connectivity index (χ4n) is 3.31. The van der Waals surface area contributed by atoms with Gasteiger partial charge in [-0.3, -0.25) is 4.98 Å². The molecule has 1 aliphatic heterocycles. The standard InChI is InChI=1S/C22H20F2N2O/c23-19-5-1-16(2-6-19)18-9-15(11-25-13-18)12-26-14-21-8-4-17-3-7-20(24)10-22(17)27-21/h1-3,5-7,9-11,13,21,26H,4,8,12,14H2. The van der Waals surface area contributed by atoms with Crippen molar-refractivity contribution in [2.45, 2.75) is 25.5 Å². The molecule has 1 unspecified atom stereocenters. The molecule has 0 aliphatic carbocycles. The molecule has 0 saturated carbocycles. The van der Waals surface area contributed by atoms with E-state index in [0.717, 1.165) is 35.1 Å². The molecule has 1 aromatic heterocycles. The molecule has 27 heavy (non-hydrogen) atoms. The van der Waals surface area contributed by atoms with Gasteiger partial charge in [0.2, 0.25) is 0 Å². The van der Waals surface area contributed by atoms with Crippen LogP contribution >= 0.6 is 0 Å². The van der Waals surface area contributed by atoms with Gasteiger partial charge < -0.3 is 10.1 Å². The van der Waals surface area contributed by atoms with E-state index in [0.29, 0.717) is 18.8 Å². The van der Waals surface area contributed by atoms with Crippen LogP contribution in [0.2, 0.25) is 0 Å². The van der Waals surface area contributed by atoms with Gasteiger partial charge in [0.1, 0.15) is 23.5 Å². The molecule has 1 atom stereocenters. The quantitative estimate of drug-likeness (QED) is 0.721. The first kappa shape index (κ1) is 17.6. The van der Waals surface area contributed by atoms with E-state index in [1.807, 2.05) is 12.3 Å². The van der Waals surface area contributed by atoms with E-state index in [2.05, 4.69) is 10.3 Å². The van der Waals surface area contributed by atoms with Crippen molar-refractivity contribution >= 4 is 0 Å². The average Bonchev–Trinajstić information content (AvgIpc) is 2.68. The minimum absolute atomic E-state index is 0.0209. The number of aryl methyl sites for hydroxylation is 1. The molecule has 0 bridgehead atoms. The molecule has 1 aliphatic rings. The summed E-state index contributed by atoms with van der Waals surface area (Å²) >= 11 is 0. The van der Waals surface area contributed by atoms with Gasteiger partial charge in [-0.1, -0.05) is 18.2 Å². The largest absolute Gasteiger partial charge is 0.489 e. The van der Waals surface area contributed by atoms with E-state index in [1.54, 1.807) is 24.4 Å². The predicted octanol–water partition coefficient (Wildman–Crippen LogP) is 4.51. The van der Waals surface area contributed by atoms with Crippen molar-refractivity contribution < 1.29 is 13.5 Å². The van der Waals surface area contributed by atoms with E-state index in [1.165, 1.54) is 24.3 Å². The fourth-order valence-corrected chi connectivity index (χ4v) is 3.31. The Balaban J connectivity index is 1.34. The summed E-state index contributed by atoms with van der Waals surface area (Å²) in [5.41, 5.74) is 3.98. The van der Waals surface area contributed by atoms with Gasteiger partial charge in [0.15, 0.2) is 0 Å². The highest BCUT2D eigenvalue weighted by Crippen LogP contribution is 2.28. The van der Waals surface area contributed by atoms with Crippen LogP contribution in [0.4, 0.5) is 8.78 Å². The predicted molar refractivity (Wildman–Crippen MR) is 100 cm³/mol. The van der Waals surface area contributed by atoms with Crippen LogP contribution in [-0.4, -0.2) is 17.6 Å². The number of nitrogens with zero attached hydrogens (tertiary/aromatic N) is 1. The Kier molecular flexibility index (Phi) is 5.12. The van der Waals surface area contributed by atoms with Crippen LogP contribution in [0.1, 0.15) is 17.5 Å². The molecule has 0 amide bonds. The summed E-state index contributed by atoms with van der Waals surface area (Å²) in [5, 5.41) is 3.39. The molecule has 4 rings (SSSR count). The second-order valence-corrected chi connectivity index (χ2v) is 6.75. The number of hydrogen-bond acceptors (Lipinski definition) is 3. The highest BCUT2D eigenvalue weighted by Gasteiger charge is 2.19. The lowest BCUT2D eigenvalue weighted by Crippen LogP contribution is -2.34. The number of benzene rings is 2. The second-order valence-electron chi connectivity index (χ2n) is 6.75. The number of fused-ring (bicyclic) bond motifs is 1. The summed E-state index contributed by atoms with van der Waals surface area (Å²) in [4.78, 5) is 4.28. The zero-order valence-corrected chi connectivity index (χ0v) is 14.8. The van der Waals surface area contributed by atoms with Crippen LogP contribution in [0, 0.1) is 11.6 Å². The van der Waals surface area contributed by atoms with Gasteiger partial charge in [-0.25, -0.2) is 8.78 Å². The molecule has 0 radical (unpaired) electrons. The third kappa shape index (κ3) is 4.31. The van der Waals surface area contributed by atoms with Crippen LogP contribution < -0.4 is 10.1 Å². The van der Waals surface area contributed by atoms with Crippen molar-refractivity contribution in [3.05, 3.63) is 83.7 Å². The molecular formula is C22H20F2N2O. The molecule has 0 spiro atoms. The second kappa shape index (κ2) is 7.84. The molecule has 2 heterocycles. The summed E-state index contributed by atoms with van der Waals surface area (Å²) in [6, 6.07) is 13.1. The Labute approximate surface area is 157 Å². The Morgan fingerprint density at radius 1 is 0.963 bits per heavy atom. The van der Waals surface area contributed by atoms with Crippen LogP contribution in [0.25, 0.3) is 11.1 Å². The molecule has 138 valence electrons. The highest BCUT2D eigenvalue weighted by molar-refractivity contribution is 5.62. The number of aromatic nitrogens is 1. The number of halogens is 2. The van der Waals surface area contributed by atoms with E-state index < -0.39 is 0 Å². The Morgan fingerprint density at radius 2 is 1.78 bits per heavy atom. The zero-order chi connectivity index (χ0) is 18.6. The minimum Gasteiger partial charge on any atom is -0.489 e. The number of hydrogen-bond donors (Lipinski definition) is 1. The Morgan fingerprint density at radius 3 is 2.63 bits per heavy atom. The molecule has 3 nitrogen and oxygen atoms in total. The van der Waals surface area contributed by atoms with Crippen molar-refractivity contribution in [2.75, 3.05) is 6.54 Å². The number of pyridine rings is 1. The summed E-state index contributed by atoms with van der Waals surface area (Å²) in [6.45, 7) is 1.33. The first-order valence-corrected chi connectivity index (χ1v) is 9.03. The normalized spacial score (nSPS) is 15.9. The van der Waals surface area contributed by atoms with Crippen molar-refractivity contribution in [3.63, 3.8) is 0 Å². The maximum Gasteiger partial charge on any atom is 0.126 e. The summed E-state index contributed by atoms with van der Waals surface area (Å²) in [5.74, 6) is 0.123. The van der Waals surface area contributed by atoms with E-state index >= 15 is 0 Å². The van der Waals surface area contributed by atoms with E-state index in [4.69, 9.17) is 4.74 Å². The maximum atomic E-state index is 13.4. The molecule has 5 heteroatoms. The zero-order valence-electron chi connectivity index (χ0n) is 14.8. The van der Waals surface area contributed by atoms with Crippen LogP contribution in [0.3, 0.4) is 0 Å². The third-order valence-corrected chi connectivity index (χ3v) is 4.73. The monoisotopic (exact) mass is 366 g/mol. The van der Waals surface area contributed by atoms with Crippen molar-refractivity contribution in [1.82, 2.24) is 10.3 Å². The maximum absolute atomic E-state index is 13.4. The van der Waals surface area contributed by atoms with Gasteiger partial charge in [-0.15, -0.1) is 0 Å². The highest BCUT2D eigenvalue weighted by atomic mass is 19.1. The first-order chi connectivity index (χ1) is 13.2. The van der Waals surface area contributed by atoms with Crippen molar-refractivity contribution in [3.8, 4) is 16.9 Å². The van der Waals surface area contributed by atoms with Crippen LogP contribution in [-0.2, 0) is 13.0 Å². The lowest BCUT2D eigenvalue weighted by atomic mass is 10.0. The van der Waals surface area contributed by atoms with Gasteiger partial charge >= 0.3 is 0 Å². The number of nitrogens with one attached hydrogen (secondary N) is 1. The van der Waals surface area contributed by atoms with E-state index in [-0.39, 0.29) is 17.7 Å². The summed E-state index contributed by atoms with van der Waals surface area (Å²) in [7, 11) is 0. The minimum atomic E-state index is -0.272. The van der Waals surface area contributed by atoms with Gasteiger partial charge in [-0.05, 0) is 53.8 Å². The van der Waals surface area contributed by atoms with Crippen LogP contribution in [0.15, 0.2) is 60.9 Å². The van der Waals surface area contributed by atoms with Gasteiger partial charge in [0, 0.05) is 37.1 Å². The van der Waals surface area contributed by atoms with Gasteiger partial charge in [-0.2, -0.15) is 0 Å². The van der Waals surface area contributed by atoms with Gasteiger partial charge in [0.25, 0.3) is 0 Å². The SMILES string of the molecule is Fc1ccc(-c2cncc(CNCC3CCc4ccc(F)cc4O3)c2)cc1. The average molecular weight is 366 g/mol. The van der Waals surface area contributed by atoms with E-state index in [9.17, 15) is 8.78 Å². The third-order valence-electron chi connectivity index (χ3n) is 4.73. The molecule has 3 aromatic rings. The lowest BCUT2D eigenvalue weighted by Gasteiger charge is -2.26.